The molecule has 1 rings (SSSR count). The summed E-state index contributed by atoms with van der Waals surface area (Å²) in [5.74, 6) is -0.260. The minimum Gasteiger partial charge on any atom is -0.398 e. The van der Waals surface area contributed by atoms with E-state index in [1.807, 2.05) is 6.07 Å². The SMILES string of the molecule is N#CCCNC(=O)c1cc(Br)ccc1N. The van der Waals surface area contributed by atoms with Gasteiger partial charge in [-0.25, -0.2) is 0 Å². The Labute approximate surface area is 96.2 Å². The number of nitriles is 1. The van der Waals surface area contributed by atoms with Gasteiger partial charge in [0.1, 0.15) is 0 Å². The summed E-state index contributed by atoms with van der Waals surface area (Å²) < 4.78 is 0.794. The number of nitrogen functional groups attached to an aromatic ring is 1. The van der Waals surface area contributed by atoms with E-state index < -0.39 is 0 Å². The van der Waals surface area contributed by atoms with E-state index in [1.54, 1.807) is 18.2 Å². The lowest BCUT2D eigenvalue weighted by atomic mass is 10.1. The molecule has 4 nitrogen and oxygen atoms in total. The first-order chi connectivity index (χ1) is 7.15. The Morgan fingerprint density at radius 3 is 3.00 bits per heavy atom. The Bertz CT molecular complexity index is 412. The fraction of sp³-hybridized carbons (Fsp3) is 0.200. The largest absolute Gasteiger partial charge is 0.398 e. The zero-order chi connectivity index (χ0) is 11.3. The van der Waals surface area contributed by atoms with Gasteiger partial charge in [-0.2, -0.15) is 5.26 Å². The lowest BCUT2D eigenvalue weighted by Crippen LogP contribution is -2.25. The lowest BCUT2D eigenvalue weighted by molar-refractivity contribution is 0.0955. The van der Waals surface area contributed by atoms with Crippen LogP contribution >= 0.6 is 15.9 Å². The Balaban J connectivity index is 2.73. The molecule has 0 aliphatic heterocycles. The number of anilines is 1. The quantitative estimate of drug-likeness (QED) is 0.646. The molecule has 1 aromatic carbocycles. The predicted molar refractivity (Wildman–Crippen MR) is 61.1 cm³/mol. The molecule has 0 atom stereocenters. The second kappa shape index (κ2) is 5.37. The van der Waals surface area contributed by atoms with Gasteiger partial charge in [-0.1, -0.05) is 15.9 Å². The molecule has 78 valence electrons. The van der Waals surface area contributed by atoms with Gasteiger partial charge in [0.05, 0.1) is 18.1 Å². The van der Waals surface area contributed by atoms with Crippen molar-refractivity contribution in [2.75, 3.05) is 12.3 Å². The van der Waals surface area contributed by atoms with Crippen LogP contribution in [0.5, 0.6) is 0 Å². The van der Waals surface area contributed by atoms with Crippen LogP contribution in [0.1, 0.15) is 16.8 Å². The third kappa shape index (κ3) is 3.26. The first-order valence-corrected chi connectivity index (χ1v) is 5.14. The Hall–Kier alpha value is -1.54. The van der Waals surface area contributed by atoms with Crippen LogP contribution in [0.25, 0.3) is 0 Å². The topological polar surface area (TPSA) is 78.9 Å². The molecule has 15 heavy (non-hydrogen) atoms. The third-order valence-electron chi connectivity index (χ3n) is 1.78. The summed E-state index contributed by atoms with van der Waals surface area (Å²) >= 11 is 3.26. The van der Waals surface area contributed by atoms with Crippen molar-refractivity contribution in [1.29, 1.82) is 5.26 Å². The van der Waals surface area contributed by atoms with Crippen molar-refractivity contribution in [3.8, 4) is 6.07 Å². The second-order valence-corrected chi connectivity index (χ2v) is 3.81. The number of hydrogen-bond acceptors (Lipinski definition) is 3. The molecule has 0 aliphatic rings. The molecule has 0 aliphatic carbocycles. The van der Waals surface area contributed by atoms with Crippen LogP contribution in [0.2, 0.25) is 0 Å². The van der Waals surface area contributed by atoms with Crippen molar-refractivity contribution in [3.63, 3.8) is 0 Å². The van der Waals surface area contributed by atoms with E-state index in [9.17, 15) is 4.79 Å². The lowest BCUT2D eigenvalue weighted by Gasteiger charge is -2.06. The summed E-state index contributed by atoms with van der Waals surface area (Å²) in [6, 6.07) is 7.02. The second-order valence-electron chi connectivity index (χ2n) is 2.90. The number of halogens is 1. The fourth-order valence-electron chi connectivity index (χ4n) is 1.05. The summed E-state index contributed by atoms with van der Waals surface area (Å²) in [7, 11) is 0. The molecular weight excluding hydrogens is 258 g/mol. The van der Waals surface area contributed by atoms with Gasteiger partial charge >= 0.3 is 0 Å². The monoisotopic (exact) mass is 267 g/mol. The Morgan fingerprint density at radius 1 is 1.60 bits per heavy atom. The highest BCUT2D eigenvalue weighted by Crippen LogP contribution is 2.18. The van der Waals surface area contributed by atoms with Crippen LogP contribution < -0.4 is 11.1 Å². The molecule has 0 aromatic heterocycles. The third-order valence-corrected chi connectivity index (χ3v) is 2.28. The maximum absolute atomic E-state index is 11.6. The fourth-order valence-corrected chi connectivity index (χ4v) is 1.41. The summed E-state index contributed by atoms with van der Waals surface area (Å²) in [6.07, 6.45) is 0.291. The van der Waals surface area contributed by atoms with Gasteiger partial charge in [0.25, 0.3) is 5.91 Å². The average molecular weight is 268 g/mol. The van der Waals surface area contributed by atoms with E-state index in [4.69, 9.17) is 11.0 Å². The summed E-state index contributed by atoms with van der Waals surface area (Å²) in [5.41, 5.74) is 6.49. The summed E-state index contributed by atoms with van der Waals surface area (Å²) in [5, 5.41) is 10.9. The molecule has 0 saturated heterocycles. The molecule has 1 amide bonds. The highest BCUT2D eigenvalue weighted by atomic mass is 79.9. The van der Waals surface area contributed by atoms with Crippen LogP contribution in [-0.2, 0) is 0 Å². The zero-order valence-corrected chi connectivity index (χ0v) is 9.54. The van der Waals surface area contributed by atoms with Gasteiger partial charge in [-0.05, 0) is 18.2 Å². The summed E-state index contributed by atoms with van der Waals surface area (Å²) in [6.45, 7) is 0.335. The average Bonchev–Trinajstić information content (AvgIpc) is 2.22. The van der Waals surface area contributed by atoms with E-state index in [2.05, 4.69) is 21.2 Å². The maximum atomic E-state index is 11.6. The highest BCUT2D eigenvalue weighted by molar-refractivity contribution is 9.10. The van der Waals surface area contributed by atoms with E-state index >= 15 is 0 Å². The van der Waals surface area contributed by atoms with Crippen molar-refractivity contribution < 1.29 is 4.79 Å². The number of nitrogens with zero attached hydrogens (tertiary/aromatic N) is 1. The number of carbonyl (C=O) groups is 1. The van der Waals surface area contributed by atoms with Crippen molar-refractivity contribution >= 4 is 27.5 Å². The van der Waals surface area contributed by atoms with Crippen LogP contribution in [0.4, 0.5) is 5.69 Å². The van der Waals surface area contributed by atoms with Gasteiger partial charge in [0, 0.05) is 16.7 Å². The molecule has 1 aromatic rings. The van der Waals surface area contributed by atoms with Crippen molar-refractivity contribution in [3.05, 3.63) is 28.2 Å². The standard InChI is InChI=1S/C10H10BrN3O/c11-7-2-3-9(13)8(6-7)10(15)14-5-1-4-12/h2-3,6H,1,5,13H2,(H,14,15). The molecule has 0 fully saturated rings. The zero-order valence-electron chi connectivity index (χ0n) is 7.96. The predicted octanol–water partition coefficient (Wildman–Crippen LogP) is 1.67. The van der Waals surface area contributed by atoms with Crippen molar-refractivity contribution in [2.45, 2.75) is 6.42 Å². The molecule has 0 unspecified atom stereocenters. The van der Waals surface area contributed by atoms with Crippen LogP contribution in [-0.4, -0.2) is 12.5 Å². The molecule has 3 N–H and O–H groups in total. The highest BCUT2D eigenvalue weighted by Gasteiger charge is 2.08. The van der Waals surface area contributed by atoms with Gasteiger partial charge in [-0.3, -0.25) is 4.79 Å². The first kappa shape index (κ1) is 11.5. The van der Waals surface area contributed by atoms with Gasteiger partial charge in [0.2, 0.25) is 0 Å². The van der Waals surface area contributed by atoms with Gasteiger partial charge in [-0.15, -0.1) is 0 Å². The number of nitrogens with one attached hydrogen (secondary N) is 1. The van der Waals surface area contributed by atoms with Crippen molar-refractivity contribution in [1.82, 2.24) is 5.32 Å². The molecule has 0 radical (unpaired) electrons. The number of rotatable bonds is 3. The molecular formula is C10H10BrN3O. The Morgan fingerprint density at radius 2 is 2.33 bits per heavy atom. The number of hydrogen-bond donors (Lipinski definition) is 2. The smallest absolute Gasteiger partial charge is 0.253 e. The van der Waals surface area contributed by atoms with Crippen molar-refractivity contribution in [2.24, 2.45) is 0 Å². The van der Waals surface area contributed by atoms with Crippen LogP contribution in [0.15, 0.2) is 22.7 Å². The molecule has 0 spiro atoms. The number of nitrogens with two attached hydrogens (primary N) is 1. The van der Waals surface area contributed by atoms with E-state index in [0.717, 1.165) is 4.47 Å². The Kier molecular flexibility index (Phi) is 4.13. The molecule has 5 heteroatoms. The molecule has 0 heterocycles. The maximum Gasteiger partial charge on any atom is 0.253 e. The number of amides is 1. The van der Waals surface area contributed by atoms with Crippen LogP contribution in [0.3, 0.4) is 0 Å². The van der Waals surface area contributed by atoms with E-state index in [1.165, 1.54) is 0 Å². The van der Waals surface area contributed by atoms with E-state index in [-0.39, 0.29) is 5.91 Å². The first-order valence-electron chi connectivity index (χ1n) is 4.35. The summed E-state index contributed by atoms with van der Waals surface area (Å²) in [4.78, 5) is 11.6. The molecule has 0 saturated carbocycles. The van der Waals surface area contributed by atoms with E-state index in [0.29, 0.717) is 24.2 Å². The van der Waals surface area contributed by atoms with Gasteiger partial charge in [0.15, 0.2) is 0 Å². The molecule has 0 bridgehead atoms. The number of benzene rings is 1. The number of carbonyl (C=O) groups excluding carboxylic acids is 1. The minimum atomic E-state index is -0.260. The normalized spacial score (nSPS) is 9.33. The minimum absolute atomic E-state index is 0.260. The van der Waals surface area contributed by atoms with Gasteiger partial charge < -0.3 is 11.1 Å². The van der Waals surface area contributed by atoms with Crippen LogP contribution in [0, 0.1) is 11.3 Å².